The van der Waals surface area contributed by atoms with Crippen molar-refractivity contribution in [2.45, 2.75) is 30.9 Å². The molecule has 0 aliphatic carbocycles. The summed E-state index contributed by atoms with van der Waals surface area (Å²) < 4.78 is 43.4. The molecule has 0 radical (unpaired) electrons. The lowest BCUT2D eigenvalue weighted by atomic mass is 10.0. The maximum absolute atomic E-state index is 13.3. The van der Waals surface area contributed by atoms with Crippen LogP contribution in [0.15, 0.2) is 66.1 Å². The first-order chi connectivity index (χ1) is 15.3. The van der Waals surface area contributed by atoms with Crippen LogP contribution in [0.3, 0.4) is 0 Å². The lowest BCUT2D eigenvalue weighted by Gasteiger charge is -2.11. The van der Waals surface area contributed by atoms with Gasteiger partial charge in [-0.15, -0.1) is 10.2 Å². The average Bonchev–Trinajstić information content (AvgIpc) is 3.37. The fourth-order valence-electron chi connectivity index (χ4n) is 3.60. The molecule has 0 fully saturated rings. The first kappa shape index (κ1) is 20.6. The first-order valence-corrected chi connectivity index (χ1v) is 10.9. The minimum absolute atomic E-state index is 0.134. The first-order valence-electron chi connectivity index (χ1n) is 9.90. The van der Waals surface area contributed by atoms with Gasteiger partial charge in [0.25, 0.3) is 0 Å². The predicted octanol–water partition coefficient (Wildman–Crippen LogP) is 5.97. The van der Waals surface area contributed by atoms with Crippen molar-refractivity contribution in [3.63, 3.8) is 0 Å². The zero-order valence-corrected chi connectivity index (χ0v) is 18.1. The highest BCUT2D eigenvalue weighted by Gasteiger charge is 2.32. The molecule has 0 aliphatic heterocycles. The Morgan fingerprint density at radius 1 is 0.938 bits per heavy atom. The molecular weight excluding hydrogens is 435 g/mol. The Balaban J connectivity index is 1.49. The Morgan fingerprint density at radius 3 is 2.53 bits per heavy atom. The van der Waals surface area contributed by atoms with Crippen molar-refractivity contribution in [3.8, 4) is 11.3 Å². The Morgan fingerprint density at radius 2 is 1.75 bits per heavy atom. The summed E-state index contributed by atoms with van der Waals surface area (Å²) in [4.78, 5) is 0. The molecule has 0 saturated heterocycles. The smallest absolute Gasteiger partial charge is 0.274 e. The Labute approximate surface area is 185 Å². The molecule has 9 heteroatoms. The van der Waals surface area contributed by atoms with E-state index in [9.17, 15) is 13.2 Å². The fourth-order valence-corrected chi connectivity index (χ4v) is 4.52. The summed E-state index contributed by atoms with van der Waals surface area (Å²) in [7, 11) is 0. The fraction of sp³-hybridized carbons (Fsp3) is 0.174. The van der Waals surface area contributed by atoms with Gasteiger partial charge in [-0.1, -0.05) is 42.1 Å². The molecule has 5 rings (SSSR count). The third-order valence-corrected chi connectivity index (χ3v) is 6.46. The van der Waals surface area contributed by atoms with E-state index in [-0.39, 0.29) is 11.3 Å². The largest absolute Gasteiger partial charge is 0.416 e. The summed E-state index contributed by atoms with van der Waals surface area (Å²) in [6.45, 7) is 4.13. The summed E-state index contributed by atoms with van der Waals surface area (Å²) in [5, 5.41) is 13.7. The molecule has 0 spiro atoms. The monoisotopic (exact) mass is 453 g/mol. The number of aryl methyl sites for hydroxylation is 2. The van der Waals surface area contributed by atoms with Crippen LogP contribution in [0.5, 0.6) is 0 Å². The third-order valence-electron chi connectivity index (χ3n) is 5.47. The number of hydrogen-bond donors (Lipinski definition) is 0. The van der Waals surface area contributed by atoms with E-state index in [1.54, 1.807) is 27.4 Å². The molecule has 0 saturated carbocycles. The average molecular weight is 453 g/mol. The molecule has 0 N–H and O–H groups in total. The maximum Gasteiger partial charge on any atom is 0.416 e. The molecule has 0 bridgehead atoms. The van der Waals surface area contributed by atoms with Gasteiger partial charge in [-0.2, -0.15) is 18.3 Å². The van der Waals surface area contributed by atoms with Crippen LogP contribution in [0.4, 0.5) is 13.2 Å². The van der Waals surface area contributed by atoms with Gasteiger partial charge in [0.1, 0.15) is 5.52 Å². The van der Waals surface area contributed by atoms with Crippen molar-refractivity contribution in [2.24, 2.45) is 0 Å². The van der Waals surface area contributed by atoms with Crippen molar-refractivity contribution in [2.75, 3.05) is 0 Å². The van der Waals surface area contributed by atoms with Crippen molar-refractivity contribution < 1.29 is 13.2 Å². The van der Waals surface area contributed by atoms with Gasteiger partial charge in [0.05, 0.1) is 11.3 Å². The van der Waals surface area contributed by atoms with Crippen molar-refractivity contribution in [3.05, 3.63) is 83.2 Å². The van der Waals surface area contributed by atoms with Crippen LogP contribution < -0.4 is 0 Å². The van der Waals surface area contributed by atoms with Crippen LogP contribution >= 0.6 is 11.8 Å². The highest BCUT2D eigenvalue weighted by atomic mass is 32.2. The van der Waals surface area contributed by atoms with Gasteiger partial charge in [-0.3, -0.25) is 4.40 Å². The minimum Gasteiger partial charge on any atom is -0.274 e. The molecule has 0 atom stereocenters. The van der Waals surface area contributed by atoms with Gasteiger partial charge in [-0.05, 0) is 48.7 Å². The molecule has 32 heavy (non-hydrogen) atoms. The summed E-state index contributed by atoms with van der Waals surface area (Å²) in [6.07, 6.45) is -0.819. The van der Waals surface area contributed by atoms with Crippen LogP contribution in [-0.4, -0.2) is 24.2 Å². The summed E-state index contributed by atoms with van der Waals surface area (Å²) in [6, 6.07) is 13.7. The normalized spacial score (nSPS) is 12.2. The Hall–Kier alpha value is -3.33. The van der Waals surface area contributed by atoms with Gasteiger partial charge >= 0.3 is 6.18 Å². The summed E-state index contributed by atoms with van der Waals surface area (Å²) in [5.41, 5.74) is 5.18. The molecule has 3 aromatic heterocycles. The number of nitrogens with zero attached hydrogens (tertiary/aromatic N) is 5. The molecule has 2 aromatic carbocycles. The van der Waals surface area contributed by atoms with Crippen LogP contribution in [0.25, 0.3) is 22.4 Å². The molecule has 0 unspecified atom stereocenters. The topological polar surface area (TPSA) is 47.5 Å². The van der Waals surface area contributed by atoms with Gasteiger partial charge in [0.15, 0.2) is 10.8 Å². The van der Waals surface area contributed by atoms with E-state index in [0.29, 0.717) is 10.8 Å². The zero-order chi connectivity index (χ0) is 22.5. The standard InChI is InChI=1S/C23H18F3N5S/c1-14-7-8-16(11-15(14)2)19-12-20-21-27-28-22(30(21)9-10-31(20)29-19)32-13-17-5-3-4-6-18(17)23(24,25)26/h3-12H,13H2,1-2H3. The number of hydrogen-bond acceptors (Lipinski definition) is 4. The SMILES string of the molecule is Cc1ccc(-c2cc3c4nnc(SCc5ccccc5C(F)(F)F)n4ccn3n2)cc1C. The van der Waals surface area contributed by atoms with E-state index < -0.39 is 11.7 Å². The van der Waals surface area contributed by atoms with Crippen LogP contribution in [0.2, 0.25) is 0 Å². The number of aromatic nitrogens is 5. The molecule has 0 aliphatic rings. The van der Waals surface area contributed by atoms with Gasteiger partial charge in [0, 0.05) is 23.7 Å². The lowest BCUT2D eigenvalue weighted by molar-refractivity contribution is -0.138. The minimum atomic E-state index is -4.39. The van der Waals surface area contributed by atoms with E-state index in [4.69, 9.17) is 0 Å². The highest BCUT2D eigenvalue weighted by molar-refractivity contribution is 7.98. The van der Waals surface area contributed by atoms with E-state index in [2.05, 4.69) is 41.3 Å². The molecule has 0 amide bonds. The van der Waals surface area contributed by atoms with E-state index in [1.807, 2.05) is 12.1 Å². The third kappa shape index (κ3) is 3.62. The Bertz CT molecular complexity index is 1450. The summed E-state index contributed by atoms with van der Waals surface area (Å²) >= 11 is 1.21. The summed E-state index contributed by atoms with van der Waals surface area (Å²) in [5.74, 6) is 0.134. The number of rotatable bonds is 4. The zero-order valence-electron chi connectivity index (χ0n) is 17.3. The van der Waals surface area contributed by atoms with E-state index in [0.717, 1.165) is 22.8 Å². The molecular formula is C23H18F3N5S. The number of benzene rings is 2. The highest BCUT2D eigenvalue weighted by Crippen LogP contribution is 2.34. The second-order valence-corrected chi connectivity index (χ2v) is 8.52. The van der Waals surface area contributed by atoms with Gasteiger partial charge < -0.3 is 0 Å². The number of fused-ring (bicyclic) bond motifs is 3. The van der Waals surface area contributed by atoms with Gasteiger partial charge in [-0.25, -0.2) is 4.52 Å². The van der Waals surface area contributed by atoms with Crippen LogP contribution in [-0.2, 0) is 11.9 Å². The maximum atomic E-state index is 13.3. The predicted molar refractivity (Wildman–Crippen MR) is 118 cm³/mol. The van der Waals surface area contributed by atoms with Crippen LogP contribution in [0.1, 0.15) is 22.3 Å². The quantitative estimate of drug-likeness (QED) is 0.315. The van der Waals surface area contributed by atoms with E-state index >= 15 is 0 Å². The number of halogens is 3. The number of alkyl halides is 3. The second-order valence-electron chi connectivity index (χ2n) is 7.58. The molecule has 5 nitrogen and oxygen atoms in total. The van der Waals surface area contributed by atoms with E-state index in [1.165, 1.54) is 35.0 Å². The molecule has 3 heterocycles. The van der Waals surface area contributed by atoms with Crippen LogP contribution in [0, 0.1) is 13.8 Å². The lowest BCUT2D eigenvalue weighted by Crippen LogP contribution is -2.08. The number of thioether (sulfide) groups is 1. The van der Waals surface area contributed by atoms with Crippen molar-refractivity contribution in [1.82, 2.24) is 24.2 Å². The second kappa shape index (κ2) is 7.67. The van der Waals surface area contributed by atoms with Gasteiger partial charge in [0.2, 0.25) is 0 Å². The van der Waals surface area contributed by atoms with Crippen molar-refractivity contribution >= 4 is 22.9 Å². The molecule has 162 valence electrons. The van der Waals surface area contributed by atoms with Crippen molar-refractivity contribution in [1.29, 1.82) is 0 Å². The molecule has 5 aromatic rings. The Kier molecular flexibility index (Phi) is 4.93.